The summed E-state index contributed by atoms with van der Waals surface area (Å²) >= 11 is 0. The van der Waals surface area contributed by atoms with Gasteiger partial charge < -0.3 is 15.4 Å². The van der Waals surface area contributed by atoms with Gasteiger partial charge in [0.1, 0.15) is 0 Å². The summed E-state index contributed by atoms with van der Waals surface area (Å²) in [4.78, 5) is 23.0. The van der Waals surface area contributed by atoms with Crippen LogP contribution in [0.25, 0.3) is 0 Å². The summed E-state index contributed by atoms with van der Waals surface area (Å²) in [5.74, 6) is -0.398. The standard InChI is InChI=1S/C14H20N2O3/c1-3-10-19-14(18)11-4-6-12(7-5-11)16-13(17)8-9-15-2/h4-7,15H,3,8-10H2,1-2H3,(H,16,17). The maximum absolute atomic E-state index is 11.6. The highest BCUT2D eigenvalue weighted by atomic mass is 16.5. The van der Waals surface area contributed by atoms with Crippen molar-refractivity contribution in [3.8, 4) is 0 Å². The molecule has 0 fully saturated rings. The van der Waals surface area contributed by atoms with Crippen molar-refractivity contribution >= 4 is 17.6 Å². The second kappa shape index (κ2) is 8.26. The summed E-state index contributed by atoms with van der Waals surface area (Å²) in [7, 11) is 1.80. The van der Waals surface area contributed by atoms with Gasteiger partial charge >= 0.3 is 5.97 Å². The first-order chi connectivity index (χ1) is 9.17. The predicted octanol–water partition coefficient (Wildman–Crippen LogP) is 1.80. The molecule has 1 rings (SSSR count). The van der Waals surface area contributed by atoms with E-state index in [1.807, 2.05) is 6.92 Å². The largest absolute Gasteiger partial charge is 0.462 e. The molecule has 0 bridgehead atoms. The van der Waals surface area contributed by atoms with Crippen molar-refractivity contribution in [3.05, 3.63) is 29.8 Å². The summed E-state index contributed by atoms with van der Waals surface area (Å²) < 4.78 is 5.02. The van der Waals surface area contributed by atoms with Gasteiger partial charge in [0, 0.05) is 18.7 Å². The van der Waals surface area contributed by atoms with Crippen LogP contribution in [0, 0.1) is 0 Å². The normalized spacial score (nSPS) is 10.0. The van der Waals surface area contributed by atoms with Crippen LogP contribution in [0.4, 0.5) is 5.69 Å². The SMILES string of the molecule is CCCOC(=O)c1ccc(NC(=O)CCNC)cc1. The number of rotatable bonds is 7. The highest BCUT2D eigenvalue weighted by molar-refractivity contribution is 5.93. The fraction of sp³-hybridized carbons (Fsp3) is 0.429. The van der Waals surface area contributed by atoms with E-state index in [2.05, 4.69) is 10.6 Å². The first kappa shape index (κ1) is 15.2. The molecule has 5 heteroatoms. The van der Waals surface area contributed by atoms with E-state index < -0.39 is 0 Å². The first-order valence-electron chi connectivity index (χ1n) is 6.39. The van der Waals surface area contributed by atoms with Crippen molar-refractivity contribution in [2.45, 2.75) is 19.8 Å². The number of ether oxygens (including phenoxy) is 1. The molecule has 1 aromatic rings. The van der Waals surface area contributed by atoms with Crippen molar-refractivity contribution in [2.24, 2.45) is 0 Å². The molecule has 0 aliphatic heterocycles. The van der Waals surface area contributed by atoms with Crippen LogP contribution in [0.3, 0.4) is 0 Å². The van der Waals surface area contributed by atoms with E-state index in [1.54, 1.807) is 31.3 Å². The molecule has 0 aromatic heterocycles. The van der Waals surface area contributed by atoms with Gasteiger partial charge in [-0.1, -0.05) is 6.92 Å². The average Bonchev–Trinajstić information content (AvgIpc) is 2.43. The Balaban J connectivity index is 2.51. The van der Waals surface area contributed by atoms with Gasteiger partial charge in [0.2, 0.25) is 5.91 Å². The third-order valence-electron chi connectivity index (χ3n) is 2.44. The molecule has 104 valence electrons. The van der Waals surface area contributed by atoms with Crippen molar-refractivity contribution in [1.82, 2.24) is 5.32 Å². The van der Waals surface area contributed by atoms with Gasteiger partial charge in [0.15, 0.2) is 0 Å². The van der Waals surface area contributed by atoms with Gasteiger partial charge in [-0.25, -0.2) is 4.79 Å². The van der Waals surface area contributed by atoms with Crippen LogP contribution in [-0.2, 0) is 9.53 Å². The molecule has 19 heavy (non-hydrogen) atoms. The Morgan fingerprint density at radius 2 is 1.89 bits per heavy atom. The fourth-order valence-corrected chi connectivity index (χ4v) is 1.43. The van der Waals surface area contributed by atoms with Crippen molar-refractivity contribution in [2.75, 3.05) is 25.5 Å². The van der Waals surface area contributed by atoms with E-state index >= 15 is 0 Å². The van der Waals surface area contributed by atoms with Crippen LogP contribution in [0.5, 0.6) is 0 Å². The van der Waals surface area contributed by atoms with E-state index in [1.165, 1.54) is 0 Å². The Morgan fingerprint density at radius 3 is 2.47 bits per heavy atom. The zero-order valence-electron chi connectivity index (χ0n) is 11.4. The molecule has 0 saturated heterocycles. The van der Waals surface area contributed by atoms with Gasteiger partial charge in [-0.2, -0.15) is 0 Å². The highest BCUT2D eigenvalue weighted by Gasteiger charge is 2.07. The van der Waals surface area contributed by atoms with Gasteiger partial charge in [-0.05, 0) is 37.7 Å². The zero-order valence-corrected chi connectivity index (χ0v) is 11.4. The van der Waals surface area contributed by atoms with Crippen LogP contribution < -0.4 is 10.6 Å². The number of esters is 1. The topological polar surface area (TPSA) is 67.4 Å². The van der Waals surface area contributed by atoms with Gasteiger partial charge in [-0.15, -0.1) is 0 Å². The lowest BCUT2D eigenvalue weighted by atomic mass is 10.2. The van der Waals surface area contributed by atoms with Gasteiger partial charge in [0.05, 0.1) is 12.2 Å². The minimum Gasteiger partial charge on any atom is -0.462 e. The quantitative estimate of drug-likeness (QED) is 0.737. The summed E-state index contributed by atoms with van der Waals surface area (Å²) in [6.07, 6.45) is 1.21. The molecule has 0 aliphatic rings. The molecule has 0 aliphatic carbocycles. The maximum atomic E-state index is 11.6. The van der Waals surface area contributed by atoms with E-state index in [0.29, 0.717) is 30.8 Å². The van der Waals surface area contributed by atoms with Crippen molar-refractivity contribution in [1.29, 1.82) is 0 Å². The number of nitrogens with one attached hydrogen (secondary N) is 2. The van der Waals surface area contributed by atoms with E-state index in [-0.39, 0.29) is 11.9 Å². The number of hydrogen-bond donors (Lipinski definition) is 2. The van der Waals surface area contributed by atoms with E-state index in [0.717, 1.165) is 6.42 Å². The Kier molecular flexibility index (Phi) is 6.60. The summed E-state index contributed by atoms with van der Waals surface area (Å²) in [6.45, 7) is 2.99. The maximum Gasteiger partial charge on any atom is 0.338 e. The first-order valence-corrected chi connectivity index (χ1v) is 6.39. The molecule has 0 saturated carbocycles. The number of hydrogen-bond acceptors (Lipinski definition) is 4. The predicted molar refractivity (Wildman–Crippen MR) is 74.2 cm³/mol. The second-order valence-electron chi connectivity index (χ2n) is 4.11. The molecule has 0 atom stereocenters. The summed E-state index contributed by atoms with van der Waals surface area (Å²) in [5, 5.41) is 5.66. The number of anilines is 1. The lowest BCUT2D eigenvalue weighted by Crippen LogP contribution is -2.18. The third kappa shape index (κ3) is 5.52. The van der Waals surface area contributed by atoms with Crippen LogP contribution in [0.15, 0.2) is 24.3 Å². The third-order valence-corrected chi connectivity index (χ3v) is 2.44. The molecule has 1 amide bonds. The molecule has 2 N–H and O–H groups in total. The van der Waals surface area contributed by atoms with Crippen LogP contribution in [0.1, 0.15) is 30.1 Å². The van der Waals surface area contributed by atoms with Gasteiger partial charge in [-0.3, -0.25) is 4.79 Å². The van der Waals surface area contributed by atoms with Crippen molar-refractivity contribution < 1.29 is 14.3 Å². The molecule has 1 aromatic carbocycles. The van der Waals surface area contributed by atoms with Crippen LogP contribution in [0.2, 0.25) is 0 Å². The monoisotopic (exact) mass is 264 g/mol. The fourth-order valence-electron chi connectivity index (χ4n) is 1.43. The summed E-state index contributed by atoms with van der Waals surface area (Å²) in [6, 6.07) is 6.68. The minimum atomic E-state index is -0.338. The highest BCUT2D eigenvalue weighted by Crippen LogP contribution is 2.11. The van der Waals surface area contributed by atoms with E-state index in [4.69, 9.17) is 4.74 Å². The summed E-state index contributed by atoms with van der Waals surface area (Å²) in [5.41, 5.74) is 1.16. The molecular formula is C14H20N2O3. The zero-order chi connectivity index (χ0) is 14.1. The molecule has 5 nitrogen and oxygen atoms in total. The Hall–Kier alpha value is -1.88. The lowest BCUT2D eigenvalue weighted by molar-refractivity contribution is -0.116. The number of amides is 1. The molecular weight excluding hydrogens is 244 g/mol. The Labute approximate surface area is 113 Å². The molecule has 0 unspecified atom stereocenters. The smallest absolute Gasteiger partial charge is 0.338 e. The average molecular weight is 264 g/mol. The molecule has 0 heterocycles. The number of benzene rings is 1. The Bertz CT molecular complexity index is 415. The lowest BCUT2D eigenvalue weighted by Gasteiger charge is -2.06. The number of carbonyl (C=O) groups is 2. The molecule has 0 radical (unpaired) electrons. The number of carbonyl (C=O) groups excluding carboxylic acids is 2. The second-order valence-corrected chi connectivity index (χ2v) is 4.11. The van der Waals surface area contributed by atoms with Crippen LogP contribution in [-0.4, -0.2) is 32.1 Å². The molecule has 0 spiro atoms. The van der Waals surface area contributed by atoms with E-state index in [9.17, 15) is 9.59 Å². The Morgan fingerprint density at radius 1 is 1.21 bits per heavy atom. The van der Waals surface area contributed by atoms with Crippen molar-refractivity contribution in [3.63, 3.8) is 0 Å². The van der Waals surface area contributed by atoms with Gasteiger partial charge in [0.25, 0.3) is 0 Å². The van der Waals surface area contributed by atoms with Crippen LogP contribution >= 0.6 is 0 Å². The minimum absolute atomic E-state index is 0.0596.